The van der Waals surface area contributed by atoms with Crippen molar-refractivity contribution in [3.8, 4) is 0 Å². The second-order valence-corrected chi connectivity index (χ2v) is 5.37. The first-order valence-electron chi connectivity index (χ1n) is 7.41. The van der Waals surface area contributed by atoms with Gasteiger partial charge in [-0.3, -0.25) is 4.99 Å². The molecule has 2 aromatic carbocycles. The van der Waals surface area contributed by atoms with E-state index >= 15 is 0 Å². The Morgan fingerprint density at radius 2 is 2.00 bits per heavy atom. The average molecular weight is 292 g/mol. The third kappa shape index (κ3) is 3.28. The van der Waals surface area contributed by atoms with Crippen molar-refractivity contribution in [1.82, 2.24) is 4.98 Å². The summed E-state index contributed by atoms with van der Waals surface area (Å²) in [7, 11) is 0. The van der Waals surface area contributed by atoms with E-state index in [1.54, 1.807) is 0 Å². The van der Waals surface area contributed by atoms with Crippen molar-refractivity contribution in [3.05, 3.63) is 65.9 Å². The Morgan fingerprint density at radius 1 is 1.18 bits per heavy atom. The third-order valence-corrected chi connectivity index (χ3v) is 3.63. The molecule has 22 heavy (non-hydrogen) atoms. The number of hydrogen-bond acceptors (Lipinski definition) is 1. The maximum Gasteiger partial charge on any atom is 0.193 e. The van der Waals surface area contributed by atoms with E-state index in [0.717, 1.165) is 12.1 Å². The molecule has 112 valence electrons. The summed E-state index contributed by atoms with van der Waals surface area (Å²) in [5.41, 5.74) is 10.6. The summed E-state index contributed by atoms with van der Waals surface area (Å²) in [5, 5.41) is 4.35. The van der Waals surface area contributed by atoms with Crippen molar-refractivity contribution in [1.29, 1.82) is 0 Å². The first-order valence-corrected chi connectivity index (χ1v) is 7.41. The Morgan fingerprint density at radius 3 is 2.82 bits per heavy atom. The summed E-state index contributed by atoms with van der Waals surface area (Å²) >= 11 is 0. The zero-order valence-corrected chi connectivity index (χ0v) is 12.6. The highest BCUT2D eigenvalue weighted by atomic mass is 15.1. The van der Waals surface area contributed by atoms with Gasteiger partial charge in [0.05, 0.1) is 0 Å². The molecule has 0 aliphatic rings. The lowest BCUT2D eigenvalue weighted by molar-refractivity contribution is 0.972. The Kier molecular flexibility index (Phi) is 4.10. The van der Waals surface area contributed by atoms with Crippen molar-refractivity contribution in [2.75, 3.05) is 11.9 Å². The number of anilines is 1. The largest absolute Gasteiger partial charge is 0.370 e. The normalized spacial score (nSPS) is 11.8. The van der Waals surface area contributed by atoms with Crippen LogP contribution in [0.5, 0.6) is 0 Å². The molecule has 0 atom stereocenters. The molecule has 0 fully saturated rings. The van der Waals surface area contributed by atoms with E-state index in [1.807, 2.05) is 30.3 Å². The fourth-order valence-electron chi connectivity index (χ4n) is 2.51. The van der Waals surface area contributed by atoms with Crippen molar-refractivity contribution in [3.63, 3.8) is 0 Å². The van der Waals surface area contributed by atoms with Crippen LogP contribution < -0.4 is 11.1 Å². The fraction of sp³-hybridized carbons (Fsp3) is 0.167. The maximum atomic E-state index is 5.91. The Bertz CT molecular complexity index is 787. The molecular weight excluding hydrogens is 272 g/mol. The molecule has 4 nitrogen and oxygen atoms in total. The van der Waals surface area contributed by atoms with Gasteiger partial charge in [0.15, 0.2) is 5.96 Å². The van der Waals surface area contributed by atoms with Gasteiger partial charge in [0.1, 0.15) is 0 Å². The molecule has 0 radical (unpaired) electrons. The van der Waals surface area contributed by atoms with Crippen LogP contribution in [0, 0.1) is 6.92 Å². The predicted molar refractivity (Wildman–Crippen MR) is 93.3 cm³/mol. The van der Waals surface area contributed by atoms with Gasteiger partial charge in [0.2, 0.25) is 0 Å². The minimum Gasteiger partial charge on any atom is -0.370 e. The Hall–Kier alpha value is -2.75. The summed E-state index contributed by atoms with van der Waals surface area (Å²) in [6, 6.07) is 16.3. The van der Waals surface area contributed by atoms with E-state index in [1.165, 1.54) is 22.0 Å². The summed E-state index contributed by atoms with van der Waals surface area (Å²) in [4.78, 5) is 7.70. The maximum absolute atomic E-state index is 5.91. The number of nitrogens with one attached hydrogen (secondary N) is 2. The minimum atomic E-state index is 0.446. The van der Waals surface area contributed by atoms with Crippen LogP contribution in [0.2, 0.25) is 0 Å². The molecule has 0 amide bonds. The smallest absolute Gasteiger partial charge is 0.193 e. The van der Waals surface area contributed by atoms with Crippen molar-refractivity contribution >= 4 is 22.5 Å². The SMILES string of the molecule is Cc1ccc2c(CCN=C(N)Nc3ccccc3)c[nH]c2c1. The van der Waals surface area contributed by atoms with Crippen LogP contribution in [0.25, 0.3) is 10.9 Å². The van der Waals surface area contributed by atoms with Gasteiger partial charge in [-0.2, -0.15) is 0 Å². The highest BCUT2D eigenvalue weighted by Crippen LogP contribution is 2.19. The molecule has 0 bridgehead atoms. The first-order chi connectivity index (χ1) is 10.7. The lowest BCUT2D eigenvalue weighted by Gasteiger charge is -2.05. The van der Waals surface area contributed by atoms with Gasteiger partial charge in [0.25, 0.3) is 0 Å². The van der Waals surface area contributed by atoms with Crippen molar-refractivity contribution in [2.24, 2.45) is 10.7 Å². The molecule has 0 aliphatic carbocycles. The van der Waals surface area contributed by atoms with Gasteiger partial charge < -0.3 is 16.0 Å². The van der Waals surface area contributed by atoms with Crippen molar-refractivity contribution in [2.45, 2.75) is 13.3 Å². The van der Waals surface area contributed by atoms with Gasteiger partial charge in [-0.25, -0.2) is 0 Å². The fourth-order valence-corrected chi connectivity index (χ4v) is 2.51. The van der Waals surface area contributed by atoms with Crippen LogP contribution in [0.3, 0.4) is 0 Å². The minimum absolute atomic E-state index is 0.446. The highest BCUT2D eigenvalue weighted by Gasteiger charge is 2.03. The molecule has 3 aromatic rings. The van der Waals surface area contributed by atoms with E-state index in [2.05, 4.69) is 46.6 Å². The van der Waals surface area contributed by atoms with Crippen LogP contribution in [0.15, 0.2) is 59.7 Å². The van der Waals surface area contributed by atoms with Crippen LogP contribution in [0.4, 0.5) is 5.69 Å². The summed E-state index contributed by atoms with van der Waals surface area (Å²) in [6.07, 6.45) is 2.92. The van der Waals surface area contributed by atoms with E-state index < -0.39 is 0 Å². The molecule has 0 saturated heterocycles. The van der Waals surface area contributed by atoms with E-state index in [-0.39, 0.29) is 0 Å². The lowest BCUT2D eigenvalue weighted by Crippen LogP contribution is -2.22. The van der Waals surface area contributed by atoms with Crippen LogP contribution >= 0.6 is 0 Å². The monoisotopic (exact) mass is 292 g/mol. The van der Waals surface area contributed by atoms with Gasteiger partial charge in [-0.15, -0.1) is 0 Å². The number of nitrogens with two attached hydrogens (primary N) is 1. The Labute approximate surface area is 130 Å². The second-order valence-electron chi connectivity index (χ2n) is 5.37. The molecule has 0 spiro atoms. The molecule has 1 heterocycles. The number of aryl methyl sites for hydroxylation is 1. The van der Waals surface area contributed by atoms with E-state index in [9.17, 15) is 0 Å². The molecule has 0 saturated carbocycles. The number of aliphatic imine (C=N–C) groups is 1. The molecule has 1 aromatic heterocycles. The summed E-state index contributed by atoms with van der Waals surface area (Å²) in [5.74, 6) is 0.446. The molecule has 0 unspecified atom stereocenters. The number of guanidine groups is 1. The Balaban J connectivity index is 1.63. The molecule has 4 N–H and O–H groups in total. The molecule has 3 rings (SSSR count). The topological polar surface area (TPSA) is 66.2 Å². The quantitative estimate of drug-likeness (QED) is 0.509. The van der Waals surface area contributed by atoms with Gasteiger partial charge in [-0.1, -0.05) is 30.3 Å². The zero-order chi connectivity index (χ0) is 15.4. The highest BCUT2D eigenvalue weighted by molar-refractivity contribution is 5.92. The molecular formula is C18H20N4. The number of rotatable bonds is 4. The van der Waals surface area contributed by atoms with Crippen LogP contribution in [-0.4, -0.2) is 17.5 Å². The number of H-pyrrole nitrogens is 1. The lowest BCUT2D eigenvalue weighted by atomic mass is 10.1. The number of nitrogens with zero attached hydrogens (tertiary/aromatic N) is 1. The standard InChI is InChI=1S/C18H20N4/c1-13-7-8-16-14(12-21-17(16)11-13)9-10-20-18(19)22-15-5-3-2-4-6-15/h2-8,11-12,21H,9-10H2,1H3,(H3,19,20,22). The summed E-state index contributed by atoms with van der Waals surface area (Å²) < 4.78 is 0. The number of aromatic amines is 1. The number of fused-ring (bicyclic) bond motifs is 1. The van der Waals surface area contributed by atoms with Crippen LogP contribution in [-0.2, 0) is 6.42 Å². The van der Waals surface area contributed by atoms with Gasteiger partial charge in [-0.05, 0) is 42.7 Å². The van der Waals surface area contributed by atoms with E-state index in [4.69, 9.17) is 5.73 Å². The second kappa shape index (κ2) is 6.35. The molecule has 0 aliphatic heterocycles. The third-order valence-electron chi connectivity index (χ3n) is 3.63. The van der Waals surface area contributed by atoms with Crippen LogP contribution in [0.1, 0.15) is 11.1 Å². The average Bonchev–Trinajstić information content (AvgIpc) is 2.90. The number of benzene rings is 2. The van der Waals surface area contributed by atoms with Gasteiger partial charge >= 0.3 is 0 Å². The predicted octanol–water partition coefficient (Wildman–Crippen LogP) is 3.45. The van der Waals surface area contributed by atoms with Gasteiger partial charge in [0, 0.05) is 29.3 Å². The zero-order valence-electron chi connectivity index (χ0n) is 12.6. The summed E-state index contributed by atoms with van der Waals surface area (Å²) in [6.45, 7) is 2.76. The molecule has 4 heteroatoms. The number of aromatic nitrogens is 1. The van der Waals surface area contributed by atoms with Crippen molar-refractivity contribution < 1.29 is 0 Å². The number of para-hydroxylation sites is 1. The number of hydrogen-bond donors (Lipinski definition) is 3. The first kappa shape index (κ1) is 14.2. The van der Waals surface area contributed by atoms with E-state index in [0.29, 0.717) is 12.5 Å².